The minimum Gasteiger partial charge on any atom is -0.505 e. The summed E-state index contributed by atoms with van der Waals surface area (Å²) in [5, 5.41) is 9.39. The highest BCUT2D eigenvalue weighted by Crippen LogP contribution is 3.02. The molecule has 0 fully saturated rings. The second kappa shape index (κ2) is 6.35. The van der Waals surface area contributed by atoms with Gasteiger partial charge in [0.1, 0.15) is 9.79 Å². The van der Waals surface area contributed by atoms with Gasteiger partial charge in [0.15, 0.2) is 15.6 Å². The van der Waals surface area contributed by atoms with Crippen LogP contribution >= 0.6 is 37.8 Å². The molecule has 0 spiro atoms. The van der Waals surface area contributed by atoms with Crippen LogP contribution in [-0.4, -0.2) is 28.2 Å². The van der Waals surface area contributed by atoms with Gasteiger partial charge in [-0.25, -0.2) is 16.8 Å². The third-order valence-electron chi connectivity index (χ3n) is 3.29. The smallest absolute Gasteiger partial charge is 0.310 e. The molecular formula is C13H10BrClF5NO5S3. The minimum absolute atomic E-state index is 0.0678. The number of sulfonamides is 1. The molecule has 6 nitrogen and oxygen atoms in total. The fourth-order valence-electron chi connectivity index (χ4n) is 2.02. The Hall–Kier alpha value is -1.29. The molecule has 0 aromatic heterocycles. The van der Waals surface area contributed by atoms with E-state index in [1.807, 2.05) is 0 Å². The maximum absolute atomic E-state index is 13.2. The van der Waals surface area contributed by atoms with Crippen LogP contribution < -0.4 is 4.72 Å². The standard InChI is InChI=1S/C13H10BrClF5NO5S3/c1-27(23,24)9-4-8(5-10(6-9)29(16,17,18,19)20)21-28(25,26)12-3-7(14)2-11(15)13(12)22/h2-6,21-22H,1H3. The average molecular weight is 567 g/mol. The number of nitrogens with one attached hydrogen (secondary N) is 1. The summed E-state index contributed by atoms with van der Waals surface area (Å²) in [6.07, 6.45) is 0.454. The number of halogens is 7. The normalized spacial score (nSPS) is 15.4. The molecule has 0 aliphatic rings. The second-order valence-electron chi connectivity index (χ2n) is 5.77. The second-order valence-corrected chi connectivity index (χ2v) is 13.2. The zero-order valence-corrected chi connectivity index (χ0v) is 18.6. The van der Waals surface area contributed by atoms with Gasteiger partial charge in [-0.05, 0) is 30.3 Å². The van der Waals surface area contributed by atoms with Crippen molar-refractivity contribution in [1.82, 2.24) is 0 Å². The number of sulfone groups is 1. The molecule has 2 rings (SSSR count). The molecule has 0 aliphatic carbocycles. The first-order chi connectivity index (χ1) is 12.6. The fraction of sp³-hybridized carbons (Fsp3) is 0.0769. The number of hydrogen-bond donors (Lipinski definition) is 2. The van der Waals surface area contributed by atoms with Gasteiger partial charge in [0.25, 0.3) is 10.0 Å². The Balaban J connectivity index is 2.74. The summed E-state index contributed by atoms with van der Waals surface area (Å²) in [6.45, 7) is 0. The van der Waals surface area contributed by atoms with E-state index in [0.717, 1.165) is 12.1 Å². The molecule has 2 N–H and O–H groups in total. The molecule has 0 saturated heterocycles. The molecule has 0 atom stereocenters. The number of aromatic hydroxyl groups is 1. The van der Waals surface area contributed by atoms with Crippen LogP contribution in [-0.2, 0) is 19.9 Å². The molecule has 16 heteroatoms. The third kappa shape index (κ3) is 5.65. The fourth-order valence-corrected chi connectivity index (χ4v) is 5.68. The molecule has 0 heterocycles. The molecule has 0 saturated carbocycles. The van der Waals surface area contributed by atoms with E-state index in [9.17, 15) is 41.4 Å². The van der Waals surface area contributed by atoms with E-state index in [0.29, 0.717) is 12.3 Å². The summed E-state index contributed by atoms with van der Waals surface area (Å²) in [5.41, 5.74) is -1.12. The summed E-state index contributed by atoms with van der Waals surface area (Å²) in [6, 6.07) is 1.85. The first-order valence-corrected chi connectivity index (χ1v) is 13.4. The van der Waals surface area contributed by atoms with E-state index in [1.165, 1.54) is 0 Å². The van der Waals surface area contributed by atoms with Crippen LogP contribution in [0.2, 0.25) is 5.02 Å². The van der Waals surface area contributed by atoms with E-state index in [1.54, 1.807) is 4.72 Å². The zero-order valence-electron chi connectivity index (χ0n) is 13.8. The number of benzene rings is 2. The highest BCUT2D eigenvalue weighted by Gasteiger charge is 2.65. The Labute approximate surface area is 175 Å². The Kier molecular flexibility index (Phi) is 5.26. The van der Waals surface area contributed by atoms with Gasteiger partial charge in [0.05, 0.1) is 15.6 Å². The number of anilines is 1. The van der Waals surface area contributed by atoms with Crippen LogP contribution in [0.25, 0.3) is 0 Å². The number of phenolic OH excluding ortho intramolecular Hbond substituents is 1. The summed E-state index contributed by atoms with van der Waals surface area (Å²) < 4.78 is 116. The molecule has 29 heavy (non-hydrogen) atoms. The third-order valence-corrected chi connectivity index (χ3v) is 7.65. The predicted octanol–water partition coefficient (Wildman–Crippen LogP) is 5.67. The molecule has 2 aromatic rings. The summed E-state index contributed by atoms with van der Waals surface area (Å²) in [7, 11) is -19.7. The number of rotatable bonds is 5. The van der Waals surface area contributed by atoms with Gasteiger partial charge in [-0.3, -0.25) is 4.72 Å². The van der Waals surface area contributed by atoms with Crippen molar-refractivity contribution in [2.75, 3.05) is 11.0 Å². The van der Waals surface area contributed by atoms with Crippen LogP contribution in [0.1, 0.15) is 0 Å². The lowest BCUT2D eigenvalue weighted by molar-refractivity contribution is 0.363. The van der Waals surface area contributed by atoms with Crippen molar-refractivity contribution in [3.05, 3.63) is 39.8 Å². The van der Waals surface area contributed by atoms with Crippen molar-refractivity contribution < 1.29 is 41.4 Å². The van der Waals surface area contributed by atoms with Crippen molar-refractivity contribution in [2.24, 2.45) is 0 Å². The van der Waals surface area contributed by atoms with Gasteiger partial charge in [0, 0.05) is 10.7 Å². The van der Waals surface area contributed by atoms with Gasteiger partial charge in [0.2, 0.25) is 0 Å². The van der Waals surface area contributed by atoms with Crippen molar-refractivity contribution in [2.45, 2.75) is 14.7 Å². The molecule has 0 amide bonds. The van der Waals surface area contributed by atoms with Crippen molar-refractivity contribution >= 4 is 63.3 Å². The molecule has 164 valence electrons. The van der Waals surface area contributed by atoms with Crippen LogP contribution in [0, 0.1) is 0 Å². The Morgan fingerprint density at radius 1 is 1.00 bits per heavy atom. The Morgan fingerprint density at radius 3 is 2.03 bits per heavy atom. The summed E-state index contributed by atoms with van der Waals surface area (Å²) >= 11 is 8.54. The number of phenols is 1. The summed E-state index contributed by atoms with van der Waals surface area (Å²) in [5.74, 6) is -0.963. The average Bonchev–Trinajstić information content (AvgIpc) is 2.46. The zero-order chi connectivity index (χ0) is 22.7. The van der Waals surface area contributed by atoms with Crippen LogP contribution in [0.15, 0.2) is 49.5 Å². The highest BCUT2D eigenvalue weighted by atomic mass is 79.9. The van der Waals surface area contributed by atoms with E-state index in [-0.39, 0.29) is 16.6 Å². The minimum atomic E-state index is -10.4. The maximum atomic E-state index is 13.2. The first-order valence-electron chi connectivity index (χ1n) is 6.90. The predicted molar refractivity (Wildman–Crippen MR) is 103 cm³/mol. The Bertz CT molecular complexity index is 1240. The maximum Gasteiger partial charge on any atom is 0.310 e. The quantitative estimate of drug-likeness (QED) is 0.454. The monoisotopic (exact) mass is 565 g/mol. The van der Waals surface area contributed by atoms with Crippen LogP contribution in [0.4, 0.5) is 25.1 Å². The van der Waals surface area contributed by atoms with Gasteiger partial charge in [-0.15, -0.1) is 0 Å². The van der Waals surface area contributed by atoms with Crippen molar-refractivity contribution in [3.8, 4) is 5.75 Å². The molecule has 0 radical (unpaired) electrons. The largest absolute Gasteiger partial charge is 0.505 e. The van der Waals surface area contributed by atoms with Gasteiger partial charge in [-0.2, -0.15) is 0 Å². The lowest BCUT2D eigenvalue weighted by Gasteiger charge is -2.40. The topological polar surface area (TPSA) is 101 Å². The van der Waals surface area contributed by atoms with Crippen molar-refractivity contribution in [3.63, 3.8) is 0 Å². The SMILES string of the molecule is CS(=O)(=O)c1cc(NS(=O)(=O)c2cc(Br)cc(Cl)c2O)cc(S(F)(F)(F)(F)F)c1. The van der Waals surface area contributed by atoms with Crippen LogP contribution in [0.3, 0.4) is 0 Å². The van der Waals surface area contributed by atoms with E-state index in [2.05, 4.69) is 15.9 Å². The number of hydrogen-bond acceptors (Lipinski definition) is 5. The van der Waals surface area contributed by atoms with Gasteiger partial charge < -0.3 is 5.11 Å². The lowest BCUT2D eigenvalue weighted by atomic mass is 10.3. The Morgan fingerprint density at radius 2 is 1.55 bits per heavy atom. The van der Waals surface area contributed by atoms with Gasteiger partial charge in [-0.1, -0.05) is 47.0 Å². The van der Waals surface area contributed by atoms with Crippen molar-refractivity contribution in [1.29, 1.82) is 0 Å². The molecule has 2 aromatic carbocycles. The van der Waals surface area contributed by atoms with E-state index < -0.39 is 61.2 Å². The first kappa shape index (κ1) is 24.0. The molecule has 0 aliphatic heterocycles. The lowest BCUT2D eigenvalue weighted by Crippen LogP contribution is -2.15. The van der Waals surface area contributed by atoms with Gasteiger partial charge >= 0.3 is 10.2 Å². The molecule has 0 unspecified atom stereocenters. The van der Waals surface area contributed by atoms with E-state index in [4.69, 9.17) is 11.6 Å². The van der Waals surface area contributed by atoms with Crippen LogP contribution in [0.5, 0.6) is 5.75 Å². The van der Waals surface area contributed by atoms with E-state index >= 15 is 0 Å². The molecular weight excluding hydrogens is 557 g/mol. The highest BCUT2D eigenvalue weighted by molar-refractivity contribution is 9.10. The molecule has 0 bridgehead atoms. The summed E-state index contributed by atoms with van der Waals surface area (Å²) in [4.78, 5) is -4.70.